The van der Waals surface area contributed by atoms with Crippen LogP contribution in [0.4, 0.5) is 0 Å². The second-order valence-electron chi connectivity index (χ2n) is 6.03. The van der Waals surface area contributed by atoms with Crippen molar-refractivity contribution in [3.8, 4) is 21.8 Å². The monoisotopic (exact) mass is 354 g/mol. The van der Waals surface area contributed by atoms with E-state index in [1.807, 2.05) is 28.6 Å². The molecule has 0 aliphatic carbocycles. The van der Waals surface area contributed by atoms with E-state index in [0.717, 1.165) is 28.4 Å². The third kappa shape index (κ3) is 3.18. The predicted octanol–water partition coefficient (Wildman–Crippen LogP) is 2.03. The number of rotatable bonds is 3. The summed E-state index contributed by atoms with van der Waals surface area (Å²) in [6.07, 6.45) is 5.28. The van der Waals surface area contributed by atoms with E-state index < -0.39 is 0 Å². The van der Waals surface area contributed by atoms with Crippen molar-refractivity contribution in [2.24, 2.45) is 0 Å². The van der Waals surface area contributed by atoms with Gasteiger partial charge in [0, 0.05) is 55.2 Å². The quantitative estimate of drug-likeness (QED) is 0.751. The van der Waals surface area contributed by atoms with Gasteiger partial charge in [-0.2, -0.15) is 5.10 Å². The molecule has 0 radical (unpaired) electrons. The Hall–Kier alpha value is -2.58. The molecule has 25 heavy (non-hydrogen) atoms. The van der Waals surface area contributed by atoms with Crippen molar-refractivity contribution in [2.75, 3.05) is 19.6 Å². The Morgan fingerprint density at radius 2 is 2.20 bits per heavy atom. The van der Waals surface area contributed by atoms with Crippen LogP contribution in [0.3, 0.4) is 0 Å². The lowest BCUT2D eigenvalue weighted by molar-refractivity contribution is 0.0704. The van der Waals surface area contributed by atoms with Crippen LogP contribution in [-0.2, 0) is 0 Å². The van der Waals surface area contributed by atoms with Crippen LogP contribution >= 0.6 is 11.3 Å². The number of carbonyl (C=O) groups is 1. The summed E-state index contributed by atoms with van der Waals surface area (Å²) in [4.78, 5) is 23.2. The first-order chi connectivity index (χ1) is 12.2. The molecular weight excluding hydrogens is 336 g/mol. The van der Waals surface area contributed by atoms with Gasteiger partial charge in [0.1, 0.15) is 16.4 Å². The molecule has 128 valence electrons. The molecule has 1 aliphatic heterocycles. The van der Waals surface area contributed by atoms with Crippen molar-refractivity contribution < 1.29 is 4.79 Å². The topological polar surface area (TPSA) is 86.8 Å². The first-order valence-corrected chi connectivity index (χ1v) is 9.03. The number of nitrogens with zero attached hydrogens (tertiary/aromatic N) is 4. The van der Waals surface area contributed by atoms with E-state index in [4.69, 9.17) is 0 Å². The molecule has 1 fully saturated rings. The normalized spacial score (nSPS) is 17.6. The SMILES string of the molecule is C[C@H]1CN(C(=O)c2csc(-c3c[nH]nc3-c3ccncc3)n2)CCN1. The maximum atomic E-state index is 12.7. The van der Waals surface area contributed by atoms with Crippen LogP contribution in [0.25, 0.3) is 21.8 Å². The highest BCUT2D eigenvalue weighted by molar-refractivity contribution is 7.13. The summed E-state index contributed by atoms with van der Waals surface area (Å²) < 4.78 is 0. The highest BCUT2D eigenvalue weighted by Gasteiger charge is 2.24. The molecule has 8 heteroatoms. The summed E-state index contributed by atoms with van der Waals surface area (Å²) >= 11 is 1.46. The smallest absolute Gasteiger partial charge is 0.273 e. The molecular formula is C17H18N6OS. The Labute approximate surface area is 149 Å². The number of hydrogen-bond acceptors (Lipinski definition) is 6. The van der Waals surface area contributed by atoms with Crippen molar-refractivity contribution in [1.29, 1.82) is 0 Å². The molecule has 1 atom stereocenters. The molecule has 3 aromatic heterocycles. The fourth-order valence-electron chi connectivity index (χ4n) is 2.96. The first-order valence-electron chi connectivity index (χ1n) is 8.15. The number of piperazine rings is 1. The fourth-order valence-corrected chi connectivity index (χ4v) is 3.77. The van der Waals surface area contributed by atoms with Crippen LogP contribution in [0.1, 0.15) is 17.4 Å². The van der Waals surface area contributed by atoms with Gasteiger partial charge < -0.3 is 10.2 Å². The Bertz CT molecular complexity index is 874. The van der Waals surface area contributed by atoms with E-state index in [-0.39, 0.29) is 5.91 Å². The second kappa shape index (κ2) is 6.73. The van der Waals surface area contributed by atoms with Gasteiger partial charge in [-0.25, -0.2) is 4.98 Å². The minimum atomic E-state index is -0.00944. The number of nitrogens with one attached hydrogen (secondary N) is 2. The summed E-state index contributed by atoms with van der Waals surface area (Å²) in [5, 5.41) is 13.2. The summed E-state index contributed by atoms with van der Waals surface area (Å²) in [5.74, 6) is -0.00944. The number of thiazole rings is 1. The Morgan fingerprint density at radius 3 is 3.00 bits per heavy atom. The van der Waals surface area contributed by atoms with Gasteiger partial charge in [-0.1, -0.05) is 0 Å². The average molecular weight is 354 g/mol. The van der Waals surface area contributed by atoms with E-state index in [9.17, 15) is 4.79 Å². The molecule has 0 aromatic carbocycles. The lowest BCUT2D eigenvalue weighted by atomic mass is 10.1. The van der Waals surface area contributed by atoms with Crippen LogP contribution in [0.15, 0.2) is 36.1 Å². The number of carbonyl (C=O) groups excluding carboxylic acids is 1. The lowest BCUT2D eigenvalue weighted by Gasteiger charge is -2.31. The van der Waals surface area contributed by atoms with Gasteiger partial charge >= 0.3 is 0 Å². The molecule has 1 saturated heterocycles. The largest absolute Gasteiger partial charge is 0.334 e. The molecule has 2 N–H and O–H groups in total. The summed E-state index contributed by atoms with van der Waals surface area (Å²) in [6, 6.07) is 4.12. The molecule has 0 unspecified atom stereocenters. The van der Waals surface area contributed by atoms with Gasteiger partial charge in [0.2, 0.25) is 0 Å². The maximum absolute atomic E-state index is 12.7. The summed E-state index contributed by atoms with van der Waals surface area (Å²) in [5.41, 5.74) is 3.16. The highest BCUT2D eigenvalue weighted by Crippen LogP contribution is 2.32. The Balaban J connectivity index is 1.60. The molecule has 1 aliphatic rings. The number of H-pyrrole nitrogens is 1. The minimum absolute atomic E-state index is 0.00944. The highest BCUT2D eigenvalue weighted by atomic mass is 32.1. The molecule has 4 rings (SSSR count). The molecule has 7 nitrogen and oxygen atoms in total. The number of pyridine rings is 1. The third-order valence-electron chi connectivity index (χ3n) is 4.20. The number of hydrogen-bond donors (Lipinski definition) is 2. The van der Waals surface area contributed by atoms with Crippen molar-refractivity contribution in [1.82, 2.24) is 30.4 Å². The Morgan fingerprint density at radius 1 is 1.36 bits per heavy atom. The zero-order valence-electron chi connectivity index (χ0n) is 13.8. The Kier molecular flexibility index (Phi) is 4.29. The van der Waals surface area contributed by atoms with Crippen molar-refractivity contribution in [3.63, 3.8) is 0 Å². The van der Waals surface area contributed by atoms with Gasteiger partial charge in [0.05, 0.1) is 5.56 Å². The van der Waals surface area contributed by atoms with Crippen LogP contribution in [0, 0.1) is 0 Å². The van der Waals surface area contributed by atoms with E-state index >= 15 is 0 Å². The average Bonchev–Trinajstić information content (AvgIpc) is 3.31. The first kappa shape index (κ1) is 15.9. The lowest BCUT2D eigenvalue weighted by Crippen LogP contribution is -2.51. The van der Waals surface area contributed by atoms with Crippen LogP contribution in [0.5, 0.6) is 0 Å². The number of aromatic nitrogens is 4. The standard InChI is InChI=1S/C17H18N6OS/c1-11-9-23(7-6-19-11)17(24)14-10-25-16(21-14)13-8-20-22-15(13)12-2-4-18-5-3-12/h2-5,8,10-11,19H,6-7,9H2,1H3,(H,20,22)/t11-/m0/s1. The van der Waals surface area contributed by atoms with Crippen LogP contribution in [0.2, 0.25) is 0 Å². The van der Waals surface area contributed by atoms with Gasteiger partial charge in [-0.15, -0.1) is 11.3 Å². The molecule has 4 heterocycles. The molecule has 0 spiro atoms. The maximum Gasteiger partial charge on any atom is 0.273 e. The van der Waals surface area contributed by atoms with Crippen LogP contribution in [-0.4, -0.2) is 56.6 Å². The zero-order valence-corrected chi connectivity index (χ0v) is 14.6. The number of amides is 1. The van der Waals surface area contributed by atoms with E-state index in [0.29, 0.717) is 24.8 Å². The van der Waals surface area contributed by atoms with E-state index in [1.54, 1.807) is 12.4 Å². The van der Waals surface area contributed by atoms with Gasteiger partial charge in [0.25, 0.3) is 5.91 Å². The summed E-state index contributed by atoms with van der Waals surface area (Å²) in [6.45, 7) is 4.32. The second-order valence-corrected chi connectivity index (χ2v) is 6.89. The summed E-state index contributed by atoms with van der Waals surface area (Å²) in [7, 11) is 0. The van der Waals surface area contributed by atoms with Crippen molar-refractivity contribution >= 4 is 17.2 Å². The van der Waals surface area contributed by atoms with Crippen LogP contribution < -0.4 is 5.32 Å². The number of aromatic amines is 1. The van der Waals surface area contributed by atoms with Gasteiger partial charge in [-0.3, -0.25) is 14.9 Å². The zero-order chi connectivity index (χ0) is 17.2. The third-order valence-corrected chi connectivity index (χ3v) is 5.08. The van der Waals surface area contributed by atoms with Gasteiger partial charge in [0.15, 0.2) is 0 Å². The van der Waals surface area contributed by atoms with E-state index in [1.165, 1.54) is 11.3 Å². The molecule has 0 bridgehead atoms. The molecule has 0 saturated carbocycles. The fraction of sp³-hybridized carbons (Fsp3) is 0.294. The van der Waals surface area contributed by atoms with Crippen molar-refractivity contribution in [3.05, 3.63) is 41.8 Å². The van der Waals surface area contributed by atoms with Crippen molar-refractivity contribution in [2.45, 2.75) is 13.0 Å². The molecule has 3 aromatic rings. The van der Waals surface area contributed by atoms with E-state index in [2.05, 4.69) is 32.4 Å². The van der Waals surface area contributed by atoms with Gasteiger partial charge in [-0.05, 0) is 19.1 Å². The molecule has 1 amide bonds. The minimum Gasteiger partial charge on any atom is -0.334 e. The predicted molar refractivity (Wildman–Crippen MR) is 96.3 cm³/mol.